The number of aliphatic imine (C=N–C) groups is 1. The maximum absolute atomic E-state index is 11.0. The third-order valence-corrected chi connectivity index (χ3v) is 2.44. The molecular weight excluding hydrogens is 252 g/mol. The monoisotopic (exact) mass is 276 g/mol. The van der Waals surface area contributed by atoms with E-state index in [0.29, 0.717) is 12.6 Å². The van der Waals surface area contributed by atoms with Crippen LogP contribution in [-0.4, -0.2) is 24.5 Å². The molecule has 0 radical (unpaired) electrons. The summed E-state index contributed by atoms with van der Waals surface area (Å²) in [6.45, 7) is 9.07. The number of carbonyl (C=O) groups excluding carboxylic acids is 1. The Kier molecular flexibility index (Phi) is 6.56. The summed E-state index contributed by atoms with van der Waals surface area (Å²) in [6, 6.07) is 8.04. The molecule has 1 rings (SSSR count). The third kappa shape index (κ3) is 6.22. The van der Waals surface area contributed by atoms with Crippen LogP contribution in [0.3, 0.4) is 0 Å². The molecule has 0 spiro atoms. The van der Waals surface area contributed by atoms with Gasteiger partial charge in [0.15, 0.2) is 5.96 Å². The van der Waals surface area contributed by atoms with Crippen LogP contribution < -0.4 is 16.0 Å². The van der Waals surface area contributed by atoms with Crippen molar-refractivity contribution < 1.29 is 4.79 Å². The second-order valence-corrected chi connectivity index (χ2v) is 4.88. The highest BCUT2D eigenvalue weighted by Crippen LogP contribution is 2.11. The van der Waals surface area contributed by atoms with Crippen LogP contribution in [0.4, 0.5) is 5.69 Å². The Morgan fingerprint density at radius 2 is 2.10 bits per heavy atom. The predicted octanol–water partition coefficient (Wildman–Crippen LogP) is 2.11. The Balaban J connectivity index is 2.72. The average Bonchev–Trinajstić information content (AvgIpc) is 2.35. The molecule has 1 aromatic rings. The lowest BCUT2D eigenvalue weighted by Gasteiger charge is -2.14. The number of hydrogen-bond acceptors (Lipinski definition) is 2. The van der Waals surface area contributed by atoms with E-state index in [1.807, 2.05) is 31.2 Å². The molecule has 20 heavy (non-hydrogen) atoms. The van der Waals surface area contributed by atoms with Crippen molar-refractivity contribution in [3.05, 3.63) is 29.8 Å². The van der Waals surface area contributed by atoms with Crippen molar-refractivity contribution in [1.82, 2.24) is 10.6 Å². The summed E-state index contributed by atoms with van der Waals surface area (Å²) < 4.78 is 0. The van der Waals surface area contributed by atoms with E-state index in [9.17, 15) is 4.79 Å². The Hall–Kier alpha value is -2.04. The molecule has 0 unspecified atom stereocenters. The zero-order chi connectivity index (χ0) is 15.0. The Bertz CT molecular complexity index is 469. The summed E-state index contributed by atoms with van der Waals surface area (Å²) in [4.78, 5) is 15.6. The maximum Gasteiger partial charge on any atom is 0.221 e. The minimum absolute atomic E-state index is 0.0690. The van der Waals surface area contributed by atoms with E-state index in [0.717, 1.165) is 23.8 Å². The lowest BCUT2D eigenvalue weighted by atomic mass is 10.2. The fraction of sp³-hybridized carbons (Fsp3) is 0.467. The molecule has 0 bridgehead atoms. The first kappa shape index (κ1) is 16.0. The molecule has 0 saturated carbocycles. The number of amides is 1. The van der Waals surface area contributed by atoms with Crippen LogP contribution in [0.2, 0.25) is 0 Å². The molecule has 5 nitrogen and oxygen atoms in total. The van der Waals surface area contributed by atoms with Crippen molar-refractivity contribution in [1.29, 1.82) is 0 Å². The first-order valence-electron chi connectivity index (χ1n) is 6.92. The van der Waals surface area contributed by atoms with Gasteiger partial charge in [-0.25, -0.2) is 4.99 Å². The van der Waals surface area contributed by atoms with Crippen LogP contribution in [0.5, 0.6) is 0 Å². The van der Waals surface area contributed by atoms with Crippen LogP contribution in [0.25, 0.3) is 0 Å². The van der Waals surface area contributed by atoms with Gasteiger partial charge < -0.3 is 16.0 Å². The van der Waals surface area contributed by atoms with Crippen molar-refractivity contribution in [3.8, 4) is 0 Å². The van der Waals surface area contributed by atoms with Gasteiger partial charge in [-0.3, -0.25) is 4.79 Å². The number of benzene rings is 1. The number of nitrogens with zero attached hydrogens (tertiary/aromatic N) is 1. The summed E-state index contributed by atoms with van der Waals surface area (Å²) in [5.41, 5.74) is 1.85. The molecule has 110 valence electrons. The smallest absolute Gasteiger partial charge is 0.221 e. The maximum atomic E-state index is 11.0. The van der Waals surface area contributed by atoms with Crippen molar-refractivity contribution in [2.45, 2.75) is 40.3 Å². The second kappa shape index (κ2) is 8.19. The third-order valence-electron chi connectivity index (χ3n) is 2.44. The molecule has 0 saturated heterocycles. The average molecular weight is 276 g/mol. The lowest BCUT2D eigenvalue weighted by molar-refractivity contribution is -0.114. The highest BCUT2D eigenvalue weighted by Gasteiger charge is 2.01. The van der Waals surface area contributed by atoms with Gasteiger partial charge in [0.25, 0.3) is 0 Å². The van der Waals surface area contributed by atoms with E-state index in [1.54, 1.807) is 0 Å². The Morgan fingerprint density at radius 3 is 2.70 bits per heavy atom. The van der Waals surface area contributed by atoms with Crippen LogP contribution >= 0.6 is 0 Å². The number of carbonyl (C=O) groups is 1. The highest BCUT2D eigenvalue weighted by molar-refractivity contribution is 5.88. The van der Waals surface area contributed by atoms with E-state index in [-0.39, 0.29) is 5.91 Å². The Labute approximate surface area is 120 Å². The highest BCUT2D eigenvalue weighted by atomic mass is 16.1. The number of nitrogens with one attached hydrogen (secondary N) is 3. The molecule has 0 aliphatic carbocycles. The zero-order valence-corrected chi connectivity index (χ0v) is 12.7. The van der Waals surface area contributed by atoms with Crippen molar-refractivity contribution in [3.63, 3.8) is 0 Å². The number of hydrogen-bond donors (Lipinski definition) is 3. The molecule has 0 fully saturated rings. The second-order valence-electron chi connectivity index (χ2n) is 4.88. The minimum atomic E-state index is -0.0690. The number of rotatable bonds is 5. The predicted molar refractivity (Wildman–Crippen MR) is 83.8 cm³/mol. The molecule has 1 amide bonds. The van der Waals surface area contributed by atoms with Crippen LogP contribution in [-0.2, 0) is 11.3 Å². The van der Waals surface area contributed by atoms with Crippen LogP contribution in [0.15, 0.2) is 29.3 Å². The van der Waals surface area contributed by atoms with Gasteiger partial charge in [0.1, 0.15) is 0 Å². The van der Waals surface area contributed by atoms with E-state index in [2.05, 4.69) is 34.8 Å². The lowest BCUT2D eigenvalue weighted by Crippen LogP contribution is -2.40. The van der Waals surface area contributed by atoms with E-state index < -0.39 is 0 Å². The Morgan fingerprint density at radius 1 is 1.35 bits per heavy atom. The molecular formula is C15H24N4O. The number of anilines is 1. The minimum Gasteiger partial charge on any atom is -0.357 e. The molecule has 3 N–H and O–H groups in total. The molecule has 1 aromatic carbocycles. The van der Waals surface area contributed by atoms with Crippen LogP contribution in [0, 0.1) is 0 Å². The van der Waals surface area contributed by atoms with Gasteiger partial charge in [0.05, 0.1) is 6.54 Å². The quantitative estimate of drug-likeness (QED) is 0.570. The summed E-state index contributed by atoms with van der Waals surface area (Å²) in [5.74, 6) is 0.730. The van der Waals surface area contributed by atoms with Gasteiger partial charge in [-0.1, -0.05) is 12.1 Å². The SMILES string of the molecule is CCNC(=NCc1cccc(NC(C)=O)c1)NC(C)C. The number of guanidine groups is 1. The van der Waals surface area contributed by atoms with Crippen molar-refractivity contribution >= 4 is 17.6 Å². The first-order chi connectivity index (χ1) is 9.51. The molecule has 0 aliphatic heterocycles. The largest absolute Gasteiger partial charge is 0.357 e. The summed E-state index contributed by atoms with van der Waals surface area (Å²) in [5, 5.41) is 9.24. The van der Waals surface area contributed by atoms with Crippen molar-refractivity contribution in [2.24, 2.45) is 4.99 Å². The molecule has 0 aromatic heterocycles. The van der Waals surface area contributed by atoms with E-state index >= 15 is 0 Å². The zero-order valence-electron chi connectivity index (χ0n) is 12.7. The van der Waals surface area contributed by atoms with Gasteiger partial charge in [-0.15, -0.1) is 0 Å². The fourth-order valence-electron chi connectivity index (χ4n) is 1.71. The summed E-state index contributed by atoms with van der Waals surface area (Å²) >= 11 is 0. The molecule has 0 heterocycles. The van der Waals surface area contributed by atoms with E-state index in [1.165, 1.54) is 6.92 Å². The topological polar surface area (TPSA) is 65.5 Å². The molecule has 5 heteroatoms. The summed E-state index contributed by atoms with van der Waals surface area (Å²) in [6.07, 6.45) is 0. The first-order valence-corrected chi connectivity index (χ1v) is 6.92. The van der Waals surface area contributed by atoms with Gasteiger partial charge in [0.2, 0.25) is 5.91 Å². The standard InChI is InChI=1S/C15H24N4O/c1-5-16-15(18-11(2)3)17-10-13-7-6-8-14(9-13)19-12(4)20/h6-9,11H,5,10H2,1-4H3,(H,19,20)(H2,16,17,18). The van der Waals surface area contributed by atoms with Gasteiger partial charge in [0, 0.05) is 25.2 Å². The van der Waals surface area contributed by atoms with Crippen LogP contribution in [0.1, 0.15) is 33.3 Å². The van der Waals surface area contributed by atoms with E-state index in [4.69, 9.17) is 0 Å². The normalized spacial score (nSPS) is 11.3. The van der Waals surface area contributed by atoms with Crippen molar-refractivity contribution in [2.75, 3.05) is 11.9 Å². The van der Waals surface area contributed by atoms with Gasteiger partial charge >= 0.3 is 0 Å². The molecule has 0 aliphatic rings. The fourth-order valence-corrected chi connectivity index (χ4v) is 1.71. The molecule has 0 atom stereocenters. The summed E-state index contributed by atoms with van der Waals surface area (Å²) in [7, 11) is 0. The van der Waals surface area contributed by atoms with Gasteiger partial charge in [-0.05, 0) is 38.5 Å². The van der Waals surface area contributed by atoms with Gasteiger partial charge in [-0.2, -0.15) is 0 Å².